The second-order valence-electron chi connectivity index (χ2n) is 4.01. The van der Waals surface area contributed by atoms with E-state index in [1.807, 2.05) is 6.92 Å². The third-order valence-electron chi connectivity index (χ3n) is 2.51. The first kappa shape index (κ1) is 14.9. The van der Waals surface area contributed by atoms with Crippen LogP contribution in [0.2, 0.25) is 0 Å². The number of pyridine rings is 1. The molecule has 0 aliphatic carbocycles. The van der Waals surface area contributed by atoms with Crippen LogP contribution in [-0.2, 0) is 4.79 Å². The van der Waals surface area contributed by atoms with Crippen molar-refractivity contribution in [2.24, 2.45) is 0 Å². The lowest BCUT2D eigenvalue weighted by molar-refractivity contribution is -0.137. The number of carboxylic acid groups (broad SMARTS) is 1. The van der Waals surface area contributed by atoms with Crippen LogP contribution < -0.4 is 4.74 Å². The van der Waals surface area contributed by atoms with E-state index in [1.165, 1.54) is 4.90 Å². The molecule has 0 saturated heterocycles. The number of nitrogens with zero attached hydrogens (tertiary/aromatic N) is 2. The predicted octanol–water partition coefficient (Wildman–Crippen LogP) is 1.42. The first-order valence-electron chi connectivity index (χ1n) is 6.11. The minimum atomic E-state index is -0.864. The maximum atomic E-state index is 12.2. The highest BCUT2D eigenvalue weighted by atomic mass is 16.5. The van der Waals surface area contributed by atoms with E-state index >= 15 is 0 Å². The summed E-state index contributed by atoms with van der Waals surface area (Å²) in [6.45, 7) is 2.63. The van der Waals surface area contributed by atoms with Gasteiger partial charge in [-0.25, -0.2) is 4.98 Å². The first-order valence-corrected chi connectivity index (χ1v) is 6.11. The summed E-state index contributed by atoms with van der Waals surface area (Å²) in [4.78, 5) is 28.1. The molecule has 0 spiro atoms. The minimum absolute atomic E-state index is 0.0446. The van der Waals surface area contributed by atoms with E-state index in [1.54, 1.807) is 25.4 Å². The maximum Gasteiger partial charge on any atom is 0.303 e. The van der Waals surface area contributed by atoms with Gasteiger partial charge in [0.2, 0.25) is 5.88 Å². The lowest BCUT2D eigenvalue weighted by Gasteiger charge is -2.17. The molecule has 0 aromatic carbocycles. The normalized spacial score (nSPS) is 10.0. The van der Waals surface area contributed by atoms with Crippen LogP contribution in [0.15, 0.2) is 18.3 Å². The third-order valence-corrected chi connectivity index (χ3v) is 2.51. The zero-order chi connectivity index (χ0) is 14.3. The van der Waals surface area contributed by atoms with Gasteiger partial charge >= 0.3 is 5.97 Å². The fourth-order valence-corrected chi connectivity index (χ4v) is 1.58. The molecular formula is C13H18N2O4. The molecule has 19 heavy (non-hydrogen) atoms. The maximum absolute atomic E-state index is 12.2. The molecule has 1 heterocycles. The van der Waals surface area contributed by atoms with Crippen LogP contribution in [0.3, 0.4) is 0 Å². The molecule has 0 aliphatic heterocycles. The number of hydrogen-bond acceptors (Lipinski definition) is 4. The van der Waals surface area contributed by atoms with Gasteiger partial charge in [-0.3, -0.25) is 9.59 Å². The van der Waals surface area contributed by atoms with Gasteiger partial charge in [-0.15, -0.1) is 0 Å². The van der Waals surface area contributed by atoms with E-state index in [-0.39, 0.29) is 12.3 Å². The molecule has 0 atom stereocenters. The van der Waals surface area contributed by atoms with Crippen molar-refractivity contribution in [3.05, 3.63) is 23.9 Å². The minimum Gasteiger partial charge on any atom is -0.481 e. The summed E-state index contributed by atoms with van der Waals surface area (Å²) in [6, 6.07) is 3.31. The van der Waals surface area contributed by atoms with Crippen molar-refractivity contribution in [2.75, 3.05) is 20.2 Å². The van der Waals surface area contributed by atoms with E-state index in [0.29, 0.717) is 31.0 Å². The van der Waals surface area contributed by atoms with Gasteiger partial charge in [-0.2, -0.15) is 0 Å². The van der Waals surface area contributed by atoms with Gasteiger partial charge in [-0.1, -0.05) is 0 Å². The van der Waals surface area contributed by atoms with Crippen molar-refractivity contribution in [1.82, 2.24) is 9.88 Å². The summed E-state index contributed by atoms with van der Waals surface area (Å²) in [5.41, 5.74) is 0.391. The topological polar surface area (TPSA) is 79.7 Å². The van der Waals surface area contributed by atoms with E-state index in [9.17, 15) is 9.59 Å². The smallest absolute Gasteiger partial charge is 0.303 e. The molecule has 0 unspecified atom stereocenters. The Morgan fingerprint density at radius 3 is 2.84 bits per heavy atom. The number of hydrogen-bond donors (Lipinski definition) is 1. The van der Waals surface area contributed by atoms with E-state index in [4.69, 9.17) is 9.84 Å². The van der Waals surface area contributed by atoms with E-state index in [0.717, 1.165) is 0 Å². The van der Waals surface area contributed by atoms with E-state index in [2.05, 4.69) is 4.98 Å². The monoisotopic (exact) mass is 266 g/mol. The molecule has 0 bridgehead atoms. The van der Waals surface area contributed by atoms with Gasteiger partial charge in [0.1, 0.15) is 5.56 Å². The van der Waals surface area contributed by atoms with Crippen LogP contribution in [0.1, 0.15) is 30.1 Å². The standard InChI is InChI=1S/C13H18N2O4/c1-3-19-12-10(6-4-8-14-12)13(18)15(2)9-5-7-11(16)17/h4,6,8H,3,5,7,9H2,1-2H3,(H,16,17). The van der Waals surface area contributed by atoms with Crippen molar-refractivity contribution in [3.63, 3.8) is 0 Å². The quantitative estimate of drug-likeness (QED) is 0.807. The largest absolute Gasteiger partial charge is 0.481 e. The zero-order valence-corrected chi connectivity index (χ0v) is 11.1. The Morgan fingerprint density at radius 1 is 1.47 bits per heavy atom. The molecule has 1 aromatic heterocycles. The highest BCUT2D eigenvalue weighted by Gasteiger charge is 2.17. The Bertz CT molecular complexity index is 448. The molecule has 0 radical (unpaired) electrons. The molecule has 104 valence electrons. The summed E-state index contributed by atoms with van der Waals surface area (Å²) >= 11 is 0. The Hall–Kier alpha value is -2.11. The van der Waals surface area contributed by atoms with Crippen molar-refractivity contribution < 1.29 is 19.4 Å². The van der Waals surface area contributed by atoms with Crippen LogP contribution in [0.4, 0.5) is 0 Å². The Balaban J connectivity index is 2.68. The van der Waals surface area contributed by atoms with Gasteiger partial charge in [0.15, 0.2) is 0 Å². The molecule has 0 aliphatic rings. The average molecular weight is 266 g/mol. The third kappa shape index (κ3) is 4.57. The van der Waals surface area contributed by atoms with Gasteiger partial charge in [0.05, 0.1) is 6.61 Å². The zero-order valence-electron chi connectivity index (χ0n) is 11.1. The summed E-state index contributed by atoms with van der Waals surface area (Å²) in [5, 5.41) is 8.56. The average Bonchev–Trinajstić information content (AvgIpc) is 2.38. The number of aromatic nitrogens is 1. The van der Waals surface area contributed by atoms with Crippen LogP contribution in [0.25, 0.3) is 0 Å². The number of ether oxygens (including phenoxy) is 1. The molecule has 6 nitrogen and oxygen atoms in total. The number of amides is 1. The van der Waals surface area contributed by atoms with Gasteiger partial charge in [-0.05, 0) is 25.5 Å². The van der Waals surface area contributed by atoms with Gasteiger partial charge in [0.25, 0.3) is 5.91 Å². The second kappa shape index (κ2) is 7.35. The number of carbonyl (C=O) groups excluding carboxylic acids is 1. The van der Waals surface area contributed by atoms with Crippen LogP contribution in [0.5, 0.6) is 5.88 Å². The lowest BCUT2D eigenvalue weighted by Crippen LogP contribution is -2.28. The number of aliphatic carboxylic acids is 1. The molecule has 1 N–H and O–H groups in total. The number of rotatable bonds is 7. The molecule has 6 heteroatoms. The van der Waals surface area contributed by atoms with Crippen LogP contribution >= 0.6 is 0 Å². The van der Waals surface area contributed by atoms with E-state index < -0.39 is 5.97 Å². The van der Waals surface area contributed by atoms with Crippen molar-refractivity contribution >= 4 is 11.9 Å². The summed E-state index contributed by atoms with van der Waals surface area (Å²) in [5.74, 6) is -0.778. The lowest BCUT2D eigenvalue weighted by atomic mass is 10.2. The summed E-state index contributed by atoms with van der Waals surface area (Å²) in [6.07, 6.45) is 2.02. The summed E-state index contributed by atoms with van der Waals surface area (Å²) < 4.78 is 5.30. The van der Waals surface area contributed by atoms with Crippen LogP contribution in [0, 0.1) is 0 Å². The fraction of sp³-hybridized carbons (Fsp3) is 0.462. The summed E-state index contributed by atoms with van der Waals surface area (Å²) in [7, 11) is 1.63. The Labute approximate surface area is 112 Å². The molecular weight excluding hydrogens is 248 g/mol. The highest BCUT2D eigenvalue weighted by Crippen LogP contribution is 2.16. The van der Waals surface area contributed by atoms with Crippen molar-refractivity contribution in [2.45, 2.75) is 19.8 Å². The fourth-order valence-electron chi connectivity index (χ4n) is 1.58. The molecule has 0 saturated carbocycles. The number of carboxylic acids is 1. The van der Waals surface area contributed by atoms with Crippen LogP contribution in [-0.4, -0.2) is 47.1 Å². The second-order valence-corrected chi connectivity index (χ2v) is 4.01. The molecule has 1 aromatic rings. The number of carbonyl (C=O) groups is 2. The predicted molar refractivity (Wildman–Crippen MR) is 69.2 cm³/mol. The molecule has 1 rings (SSSR count). The SMILES string of the molecule is CCOc1ncccc1C(=O)N(C)CCCC(=O)O. The molecule has 0 fully saturated rings. The van der Waals surface area contributed by atoms with Crippen molar-refractivity contribution in [3.8, 4) is 5.88 Å². The first-order chi connectivity index (χ1) is 9.06. The van der Waals surface area contributed by atoms with Crippen molar-refractivity contribution in [1.29, 1.82) is 0 Å². The highest BCUT2D eigenvalue weighted by molar-refractivity contribution is 5.96. The van der Waals surface area contributed by atoms with Gasteiger partial charge in [0, 0.05) is 26.2 Å². The molecule has 1 amide bonds. The Morgan fingerprint density at radius 2 is 2.21 bits per heavy atom. The Kier molecular flexibility index (Phi) is 5.78. The van der Waals surface area contributed by atoms with Gasteiger partial charge < -0.3 is 14.7 Å².